The minimum absolute atomic E-state index is 0.113. The highest BCUT2D eigenvalue weighted by Gasteiger charge is 2.06. The Hall–Kier alpha value is -1.75. The first-order valence-corrected chi connectivity index (χ1v) is 8.29. The molecule has 0 atom stereocenters. The number of carbonyl (C=O) groups excluding carboxylic acids is 1. The van der Waals surface area contributed by atoms with Crippen LogP contribution in [0.1, 0.15) is 22.3 Å². The Morgan fingerprint density at radius 1 is 1.17 bits per heavy atom. The molecule has 1 N–H and O–H groups in total. The molecule has 6 heteroatoms. The number of halogens is 2. The van der Waals surface area contributed by atoms with Crippen molar-refractivity contribution in [3.8, 4) is 5.75 Å². The highest BCUT2D eigenvalue weighted by molar-refractivity contribution is 6.35. The number of methoxy groups -OCH3 is 1. The van der Waals surface area contributed by atoms with Crippen molar-refractivity contribution >= 4 is 29.1 Å². The molecule has 0 saturated carbocycles. The van der Waals surface area contributed by atoms with Crippen LogP contribution in [0, 0.1) is 0 Å². The average molecular weight is 368 g/mol. The van der Waals surface area contributed by atoms with E-state index >= 15 is 0 Å². The van der Waals surface area contributed by atoms with Crippen LogP contribution in [0.2, 0.25) is 10.0 Å². The summed E-state index contributed by atoms with van der Waals surface area (Å²) in [6.45, 7) is 1.45. The van der Waals surface area contributed by atoms with Crippen molar-refractivity contribution in [2.75, 3.05) is 20.3 Å². The van der Waals surface area contributed by atoms with Gasteiger partial charge in [0.05, 0.1) is 18.2 Å². The summed E-state index contributed by atoms with van der Waals surface area (Å²) in [6, 6.07) is 12.4. The van der Waals surface area contributed by atoms with Crippen LogP contribution in [0.5, 0.6) is 5.75 Å². The first-order chi connectivity index (χ1) is 11.6. The molecule has 0 aliphatic heterocycles. The van der Waals surface area contributed by atoms with Gasteiger partial charge in [0.15, 0.2) is 0 Å². The van der Waals surface area contributed by atoms with Gasteiger partial charge in [0.1, 0.15) is 5.75 Å². The van der Waals surface area contributed by atoms with Crippen molar-refractivity contribution < 1.29 is 14.3 Å². The Bertz CT molecular complexity index is 692. The van der Waals surface area contributed by atoms with Crippen LogP contribution in [0.4, 0.5) is 0 Å². The van der Waals surface area contributed by atoms with E-state index in [9.17, 15) is 4.79 Å². The highest BCUT2D eigenvalue weighted by atomic mass is 35.5. The second-order valence-corrected chi connectivity index (χ2v) is 6.01. The van der Waals surface area contributed by atoms with Gasteiger partial charge in [-0.1, -0.05) is 35.3 Å². The molecule has 0 aliphatic rings. The predicted molar refractivity (Wildman–Crippen MR) is 96.1 cm³/mol. The number of hydrogen-bond acceptors (Lipinski definition) is 3. The van der Waals surface area contributed by atoms with Crippen LogP contribution in [0.3, 0.4) is 0 Å². The summed E-state index contributed by atoms with van der Waals surface area (Å²) in [5.41, 5.74) is 1.58. The normalized spacial score (nSPS) is 10.5. The molecule has 24 heavy (non-hydrogen) atoms. The molecule has 128 valence electrons. The van der Waals surface area contributed by atoms with E-state index in [0.717, 1.165) is 5.56 Å². The SMILES string of the molecule is COCc1cccc(C(=O)NCCCOc2ccc(Cl)cc2Cl)c1. The van der Waals surface area contributed by atoms with E-state index in [1.807, 2.05) is 18.2 Å². The molecule has 4 nitrogen and oxygen atoms in total. The summed E-state index contributed by atoms with van der Waals surface area (Å²) >= 11 is 11.9. The van der Waals surface area contributed by atoms with Crippen molar-refractivity contribution in [1.82, 2.24) is 5.32 Å². The summed E-state index contributed by atoms with van der Waals surface area (Å²) in [5.74, 6) is 0.470. The number of amides is 1. The van der Waals surface area contributed by atoms with E-state index in [-0.39, 0.29) is 5.91 Å². The van der Waals surface area contributed by atoms with Gasteiger partial charge >= 0.3 is 0 Å². The third-order valence-electron chi connectivity index (χ3n) is 3.26. The summed E-state index contributed by atoms with van der Waals surface area (Å²) in [6.07, 6.45) is 0.669. The molecule has 2 aromatic carbocycles. The average Bonchev–Trinajstić information content (AvgIpc) is 2.56. The summed E-state index contributed by atoms with van der Waals surface area (Å²) in [7, 11) is 1.62. The van der Waals surface area contributed by atoms with Gasteiger partial charge in [0.2, 0.25) is 0 Å². The quantitative estimate of drug-likeness (QED) is 0.706. The van der Waals surface area contributed by atoms with Crippen molar-refractivity contribution in [1.29, 1.82) is 0 Å². The minimum Gasteiger partial charge on any atom is -0.492 e. The predicted octanol–water partition coefficient (Wildman–Crippen LogP) is 4.34. The fourth-order valence-electron chi connectivity index (χ4n) is 2.12. The molecule has 0 fully saturated rings. The zero-order valence-corrected chi connectivity index (χ0v) is 14.9. The van der Waals surface area contributed by atoms with E-state index in [1.54, 1.807) is 31.4 Å². The third kappa shape index (κ3) is 5.71. The molecular weight excluding hydrogens is 349 g/mol. The molecule has 0 aromatic heterocycles. The number of rotatable bonds is 8. The number of carbonyl (C=O) groups is 1. The fourth-order valence-corrected chi connectivity index (χ4v) is 2.58. The van der Waals surface area contributed by atoms with E-state index < -0.39 is 0 Å². The van der Waals surface area contributed by atoms with Gasteiger partial charge in [-0.2, -0.15) is 0 Å². The van der Waals surface area contributed by atoms with E-state index in [4.69, 9.17) is 32.7 Å². The van der Waals surface area contributed by atoms with Gasteiger partial charge in [0.25, 0.3) is 5.91 Å². The van der Waals surface area contributed by atoms with Crippen LogP contribution < -0.4 is 10.1 Å². The van der Waals surface area contributed by atoms with E-state index in [0.29, 0.717) is 47.5 Å². The Morgan fingerprint density at radius 3 is 2.75 bits per heavy atom. The molecule has 2 rings (SSSR count). The summed E-state index contributed by atoms with van der Waals surface area (Å²) in [4.78, 5) is 12.1. The van der Waals surface area contributed by atoms with Gasteiger partial charge in [-0.15, -0.1) is 0 Å². The fraction of sp³-hybridized carbons (Fsp3) is 0.278. The van der Waals surface area contributed by atoms with Crippen molar-refractivity contribution in [2.45, 2.75) is 13.0 Å². The van der Waals surface area contributed by atoms with Gasteiger partial charge < -0.3 is 14.8 Å². The molecule has 0 spiro atoms. The van der Waals surface area contributed by atoms with Gasteiger partial charge in [-0.25, -0.2) is 0 Å². The molecular formula is C18H19Cl2NO3. The zero-order chi connectivity index (χ0) is 17.4. The first kappa shape index (κ1) is 18.6. The molecule has 0 saturated heterocycles. The second-order valence-electron chi connectivity index (χ2n) is 5.17. The minimum atomic E-state index is -0.113. The first-order valence-electron chi connectivity index (χ1n) is 7.54. The van der Waals surface area contributed by atoms with E-state index in [2.05, 4.69) is 5.32 Å². The smallest absolute Gasteiger partial charge is 0.251 e. The van der Waals surface area contributed by atoms with E-state index in [1.165, 1.54) is 0 Å². The van der Waals surface area contributed by atoms with Crippen molar-refractivity contribution in [3.63, 3.8) is 0 Å². The molecule has 0 heterocycles. The topological polar surface area (TPSA) is 47.6 Å². The van der Waals surface area contributed by atoms with Crippen molar-refractivity contribution in [3.05, 3.63) is 63.6 Å². The number of hydrogen-bond donors (Lipinski definition) is 1. The largest absolute Gasteiger partial charge is 0.492 e. The van der Waals surface area contributed by atoms with Crippen molar-refractivity contribution in [2.24, 2.45) is 0 Å². The number of benzene rings is 2. The molecule has 0 bridgehead atoms. The van der Waals surface area contributed by atoms with Crippen LogP contribution in [0.25, 0.3) is 0 Å². The lowest BCUT2D eigenvalue weighted by molar-refractivity contribution is 0.0951. The Balaban J connectivity index is 1.73. The Kier molecular flexibility index (Phi) is 7.37. The maximum Gasteiger partial charge on any atom is 0.251 e. The Labute approximate surface area is 151 Å². The van der Waals surface area contributed by atoms with Crippen LogP contribution in [-0.4, -0.2) is 26.2 Å². The lowest BCUT2D eigenvalue weighted by atomic mass is 10.1. The number of ether oxygens (including phenoxy) is 2. The molecule has 1 amide bonds. The maximum atomic E-state index is 12.1. The molecule has 0 unspecified atom stereocenters. The van der Waals surface area contributed by atoms with Crippen LogP contribution in [0.15, 0.2) is 42.5 Å². The Morgan fingerprint density at radius 2 is 2.00 bits per heavy atom. The lowest BCUT2D eigenvalue weighted by Gasteiger charge is -2.09. The van der Waals surface area contributed by atoms with Gasteiger partial charge in [0, 0.05) is 24.2 Å². The summed E-state index contributed by atoms with van der Waals surface area (Å²) in [5, 5.41) is 3.90. The van der Waals surface area contributed by atoms with Crippen LogP contribution in [-0.2, 0) is 11.3 Å². The summed E-state index contributed by atoms with van der Waals surface area (Å²) < 4.78 is 10.6. The number of nitrogens with one attached hydrogen (secondary N) is 1. The zero-order valence-electron chi connectivity index (χ0n) is 13.4. The standard InChI is InChI=1S/C18H19Cl2NO3/c1-23-12-13-4-2-5-14(10-13)18(22)21-8-3-9-24-17-7-6-15(19)11-16(17)20/h2,4-7,10-11H,3,8-9,12H2,1H3,(H,21,22). The van der Waals surface area contributed by atoms with Gasteiger partial charge in [-0.05, 0) is 42.3 Å². The third-order valence-corrected chi connectivity index (χ3v) is 3.79. The highest BCUT2D eigenvalue weighted by Crippen LogP contribution is 2.27. The van der Waals surface area contributed by atoms with Gasteiger partial charge in [-0.3, -0.25) is 4.79 Å². The lowest BCUT2D eigenvalue weighted by Crippen LogP contribution is -2.25. The second kappa shape index (κ2) is 9.52. The maximum absolute atomic E-state index is 12.1. The molecule has 2 aromatic rings. The molecule has 0 radical (unpaired) electrons. The molecule has 0 aliphatic carbocycles. The monoisotopic (exact) mass is 367 g/mol. The van der Waals surface area contributed by atoms with Crippen LogP contribution >= 0.6 is 23.2 Å².